The van der Waals surface area contributed by atoms with Gasteiger partial charge in [-0.1, -0.05) is 13.8 Å². The van der Waals surface area contributed by atoms with Crippen molar-refractivity contribution in [2.24, 2.45) is 11.8 Å². The maximum Gasteiger partial charge on any atom is 0.317 e. The van der Waals surface area contributed by atoms with Crippen molar-refractivity contribution in [3.05, 3.63) is 0 Å². The highest BCUT2D eigenvalue weighted by Crippen LogP contribution is 2.20. The summed E-state index contributed by atoms with van der Waals surface area (Å²) in [6, 6.07) is 0.214. The van der Waals surface area contributed by atoms with E-state index < -0.39 is 0 Å². The fourth-order valence-electron chi connectivity index (χ4n) is 3.17. The zero-order valence-electron chi connectivity index (χ0n) is 14.1. The highest BCUT2D eigenvalue weighted by molar-refractivity contribution is 5.81. The Morgan fingerprint density at radius 3 is 2.77 bits per heavy atom. The first-order valence-corrected chi connectivity index (χ1v) is 8.53. The third kappa shape index (κ3) is 4.35. The van der Waals surface area contributed by atoms with Crippen LogP contribution in [0.4, 0.5) is 4.79 Å². The van der Waals surface area contributed by atoms with E-state index in [1.165, 1.54) is 0 Å². The van der Waals surface area contributed by atoms with Crippen LogP contribution in [0.2, 0.25) is 0 Å². The summed E-state index contributed by atoms with van der Waals surface area (Å²) in [6.07, 6.45) is 1.80. The number of carbonyl (C=O) groups excluding carboxylic acids is 2. The minimum Gasteiger partial charge on any atom is -0.338 e. The van der Waals surface area contributed by atoms with Gasteiger partial charge in [0.25, 0.3) is 0 Å². The second-order valence-corrected chi connectivity index (χ2v) is 6.95. The number of hydrogen-bond acceptors (Lipinski definition) is 3. The predicted octanol–water partition coefficient (Wildman–Crippen LogP) is 0.884. The van der Waals surface area contributed by atoms with Gasteiger partial charge in [-0.15, -0.1) is 0 Å². The maximum atomic E-state index is 12.7. The number of rotatable bonds is 3. The monoisotopic (exact) mass is 310 g/mol. The molecule has 0 aromatic carbocycles. The van der Waals surface area contributed by atoms with E-state index in [1.54, 1.807) is 4.90 Å². The van der Waals surface area contributed by atoms with Crippen LogP contribution in [0.5, 0.6) is 0 Å². The average molecular weight is 310 g/mol. The summed E-state index contributed by atoms with van der Waals surface area (Å²) in [5, 5.41) is 6.26. The van der Waals surface area contributed by atoms with Crippen molar-refractivity contribution < 1.29 is 9.59 Å². The van der Waals surface area contributed by atoms with Gasteiger partial charge in [-0.05, 0) is 25.7 Å². The fourth-order valence-corrected chi connectivity index (χ4v) is 3.17. The Labute approximate surface area is 133 Å². The molecule has 0 aromatic heterocycles. The molecule has 1 unspecified atom stereocenters. The number of carbonyl (C=O) groups is 2. The summed E-state index contributed by atoms with van der Waals surface area (Å²) in [7, 11) is 0. The summed E-state index contributed by atoms with van der Waals surface area (Å²) < 4.78 is 0. The minimum atomic E-state index is -0.0425. The van der Waals surface area contributed by atoms with Gasteiger partial charge in [-0.3, -0.25) is 4.79 Å². The molecule has 2 aliphatic rings. The van der Waals surface area contributed by atoms with Crippen molar-refractivity contribution in [2.45, 2.75) is 39.7 Å². The molecule has 2 heterocycles. The number of nitrogens with one attached hydrogen (secondary N) is 2. The Hall–Kier alpha value is -1.30. The number of urea groups is 1. The Bertz CT molecular complexity index is 400. The van der Waals surface area contributed by atoms with E-state index in [4.69, 9.17) is 0 Å². The summed E-state index contributed by atoms with van der Waals surface area (Å²) >= 11 is 0. The lowest BCUT2D eigenvalue weighted by atomic mass is 9.95. The van der Waals surface area contributed by atoms with Gasteiger partial charge in [0.15, 0.2) is 0 Å². The van der Waals surface area contributed by atoms with Crippen LogP contribution in [0.1, 0.15) is 33.6 Å². The topological polar surface area (TPSA) is 64.7 Å². The summed E-state index contributed by atoms with van der Waals surface area (Å²) in [5.41, 5.74) is 0. The van der Waals surface area contributed by atoms with E-state index in [1.807, 2.05) is 4.90 Å². The smallest absolute Gasteiger partial charge is 0.317 e. The molecular weight excluding hydrogens is 280 g/mol. The molecule has 0 radical (unpaired) electrons. The Balaban J connectivity index is 1.89. The fraction of sp³-hybridized carbons (Fsp3) is 0.875. The molecule has 0 saturated carbocycles. The normalized spacial score (nSPS) is 26.2. The molecule has 2 saturated heterocycles. The number of piperazine rings is 1. The lowest BCUT2D eigenvalue weighted by Gasteiger charge is -2.39. The van der Waals surface area contributed by atoms with Crippen LogP contribution in [-0.2, 0) is 4.79 Å². The quantitative estimate of drug-likeness (QED) is 0.813. The molecule has 22 heavy (non-hydrogen) atoms. The molecule has 0 bridgehead atoms. The van der Waals surface area contributed by atoms with Crippen LogP contribution in [0, 0.1) is 11.8 Å². The predicted molar refractivity (Wildman–Crippen MR) is 86.6 cm³/mol. The van der Waals surface area contributed by atoms with Crippen molar-refractivity contribution in [2.75, 3.05) is 39.3 Å². The molecular formula is C16H30N4O2. The van der Waals surface area contributed by atoms with E-state index in [2.05, 4.69) is 31.4 Å². The van der Waals surface area contributed by atoms with Gasteiger partial charge < -0.3 is 20.4 Å². The number of likely N-dealkylation sites (tertiary alicyclic amines) is 1. The number of piperidine rings is 1. The summed E-state index contributed by atoms with van der Waals surface area (Å²) in [6.45, 7) is 10.7. The summed E-state index contributed by atoms with van der Waals surface area (Å²) in [4.78, 5) is 28.7. The molecule has 3 amide bonds. The van der Waals surface area contributed by atoms with E-state index in [9.17, 15) is 9.59 Å². The molecule has 2 atom stereocenters. The molecule has 126 valence electrons. The minimum absolute atomic E-state index is 0.0282. The molecule has 2 aliphatic heterocycles. The zero-order chi connectivity index (χ0) is 16.1. The van der Waals surface area contributed by atoms with Crippen molar-refractivity contribution in [1.29, 1.82) is 0 Å². The van der Waals surface area contributed by atoms with Crippen molar-refractivity contribution in [1.82, 2.24) is 20.4 Å². The highest BCUT2D eigenvalue weighted by atomic mass is 16.2. The van der Waals surface area contributed by atoms with E-state index in [0.717, 1.165) is 39.0 Å². The molecule has 2 fully saturated rings. The average Bonchev–Trinajstić information content (AvgIpc) is 2.52. The Morgan fingerprint density at radius 1 is 1.32 bits per heavy atom. The zero-order valence-corrected chi connectivity index (χ0v) is 14.1. The molecule has 0 spiro atoms. The van der Waals surface area contributed by atoms with Crippen LogP contribution in [-0.4, -0.2) is 67.0 Å². The molecule has 2 rings (SSSR count). The number of hydrogen-bond donors (Lipinski definition) is 2. The van der Waals surface area contributed by atoms with Gasteiger partial charge in [-0.2, -0.15) is 0 Å². The van der Waals surface area contributed by atoms with Crippen LogP contribution in [0.25, 0.3) is 0 Å². The summed E-state index contributed by atoms with van der Waals surface area (Å²) in [5.74, 6) is 0.613. The van der Waals surface area contributed by atoms with Crippen molar-refractivity contribution in [3.8, 4) is 0 Å². The van der Waals surface area contributed by atoms with E-state index in [0.29, 0.717) is 19.0 Å². The molecule has 0 aliphatic carbocycles. The molecule has 0 aromatic rings. The molecule has 6 heteroatoms. The Morgan fingerprint density at radius 2 is 2.09 bits per heavy atom. The lowest BCUT2D eigenvalue weighted by Crippen LogP contribution is -2.56. The van der Waals surface area contributed by atoms with Crippen molar-refractivity contribution >= 4 is 11.9 Å². The SMILES string of the molecule is CC(C)CNC(=O)N1CCCC(C(=O)N2CCNC[C@H]2C)C1. The van der Waals surface area contributed by atoms with E-state index >= 15 is 0 Å². The third-order valence-electron chi connectivity index (χ3n) is 4.50. The standard InChI is InChI=1S/C16H30N4O2/c1-12(2)9-18-16(22)19-7-4-5-14(11-19)15(21)20-8-6-17-10-13(20)3/h12-14,17H,4-11H2,1-3H3,(H,18,22)/t13-,14?/m1/s1. The second kappa shape index (κ2) is 7.81. The van der Waals surface area contributed by atoms with Crippen molar-refractivity contribution in [3.63, 3.8) is 0 Å². The van der Waals surface area contributed by atoms with Gasteiger partial charge in [-0.25, -0.2) is 4.79 Å². The van der Waals surface area contributed by atoms with Crippen LogP contribution >= 0.6 is 0 Å². The Kier molecular flexibility index (Phi) is 6.06. The van der Waals surface area contributed by atoms with Crippen LogP contribution < -0.4 is 10.6 Å². The van der Waals surface area contributed by atoms with Gasteiger partial charge in [0.05, 0.1) is 5.92 Å². The first kappa shape index (κ1) is 17.1. The lowest BCUT2D eigenvalue weighted by molar-refractivity contribution is -0.139. The van der Waals surface area contributed by atoms with Gasteiger partial charge >= 0.3 is 6.03 Å². The van der Waals surface area contributed by atoms with Crippen LogP contribution in [0.3, 0.4) is 0 Å². The highest BCUT2D eigenvalue weighted by Gasteiger charge is 2.33. The molecule has 6 nitrogen and oxygen atoms in total. The van der Waals surface area contributed by atoms with Gasteiger partial charge in [0.1, 0.15) is 0 Å². The largest absolute Gasteiger partial charge is 0.338 e. The third-order valence-corrected chi connectivity index (χ3v) is 4.50. The van der Waals surface area contributed by atoms with E-state index in [-0.39, 0.29) is 23.9 Å². The number of nitrogens with zero attached hydrogens (tertiary/aromatic N) is 2. The van der Waals surface area contributed by atoms with Crippen LogP contribution in [0.15, 0.2) is 0 Å². The first-order chi connectivity index (χ1) is 10.5. The van der Waals surface area contributed by atoms with Gasteiger partial charge in [0.2, 0.25) is 5.91 Å². The first-order valence-electron chi connectivity index (χ1n) is 8.53. The molecule has 2 N–H and O–H groups in total. The number of amides is 3. The second-order valence-electron chi connectivity index (χ2n) is 6.95. The maximum absolute atomic E-state index is 12.7. The van der Waals surface area contributed by atoms with Gasteiger partial charge in [0, 0.05) is 45.3 Å².